The van der Waals surface area contributed by atoms with Crippen molar-refractivity contribution in [2.45, 2.75) is 44.4 Å². The van der Waals surface area contributed by atoms with E-state index in [0.717, 1.165) is 31.5 Å². The van der Waals surface area contributed by atoms with Gasteiger partial charge < -0.3 is 15.2 Å². The zero-order valence-electron chi connectivity index (χ0n) is 18.4. The molecule has 0 unspecified atom stereocenters. The number of aromatic nitrogens is 1. The highest BCUT2D eigenvalue weighted by Gasteiger charge is 2.22. The van der Waals surface area contributed by atoms with Gasteiger partial charge in [0.05, 0.1) is 16.5 Å². The van der Waals surface area contributed by atoms with Crippen LogP contribution in [0.25, 0.3) is 10.9 Å². The maximum atomic E-state index is 12.1. The predicted octanol–water partition coefficient (Wildman–Crippen LogP) is 6.18. The van der Waals surface area contributed by atoms with E-state index in [9.17, 15) is 4.79 Å². The quantitative estimate of drug-likeness (QED) is 0.365. The molecule has 2 N–H and O–H groups in total. The molecule has 0 atom stereocenters. The Balaban J connectivity index is 1.09. The number of piperidine rings is 1. The summed E-state index contributed by atoms with van der Waals surface area (Å²) in [5.74, 6) is 0.691. The van der Waals surface area contributed by atoms with E-state index in [0.29, 0.717) is 22.4 Å². The summed E-state index contributed by atoms with van der Waals surface area (Å²) < 4.78 is 0. The van der Waals surface area contributed by atoms with Crippen LogP contribution in [0.5, 0.6) is 0 Å². The van der Waals surface area contributed by atoms with Crippen molar-refractivity contribution in [2.75, 3.05) is 26.2 Å². The number of unbranched alkanes of at least 4 members (excludes halogenated alkanes) is 2. The van der Waals surface area contributed by atoms with Crippen molar-refractivity contribution in [3.63, 3.8) is 0 Å². The molecule has 1 saturated heterocycles. The van der Waals surface area contributed by atoms with Crippen molar-refractivity contribution < 1.29 is 4.79 Å². The molecule has 170 valence electrons. The summed E-state index contributed by atoms with van der Waals surface area (Å²) in [7, 11) is 0. The number of nitrogens with one attached hydrogen (secondary N) is 2. The minimum Gasteiger partial charge on any atom is -0.361 e. The minimum atomic E-state index is 0.0303. The molecule has 1 aromatic heterocycles. The van der Waals surface area contributed by atoms with Crippen LogP contribution in [0.3, 0.4) is 0 Å². The lowest BCUT2D eigenvalue weighted by Gasteiger charge is -2.32. The minimum absolute atomic E-state index is 0.0303. The summed E-state index contributed by atoms with van der Waals surface area (Å²) in [5, 5.41) is 5.39. The topological polar surface area (TPSA) is 48.1 Å². The lowest BCUT2D eigenvalue weighted by atomic mass is 9.89. The van der Waals surface area contributed by atoms with Gasteiger partial charge in [0.1, 0.15) is 0 Å². The van der Waals surface area contributed by atoms with E-state index in [2.05, 4.69) is 45.7 Å². The van der Waals surface area contributed by atoms with Crippen LogP contribution in [0.1, 0.15) is 49.1 Å². The molecule has 1 amide bonds. The fraction of sp³-hybridized carbons (Fsp3) is 0.423. The summed E-state index contributed by atoms with van der Waals surface area (Å²) in [6.07, 6.45) is 8.33. The summed E-state index contributed by atoms with van der Waals surface area (Å²) in [6.45, 7) is 4.22. The van der Waals surface area contributed by atoms with E-state index >= 15 is 0 Å². The molecule has 1 aliphatic rings. The van der Waals surface area contributed by atoms with Gasteiger partial charge in [0.25, 0.3) is 0 Å². The van der Waals surface area contributed by atoms with Crippen LogP contribution in [0.2, 0.25) is 10.0 Å². The Bertz CT molecular complexity index is 1040. The molecule has 1 aliphatic heterocycles. The Labute approximate surface area is 200 Å². The zero-order chi connectivity index (χ0) is 22.3. The maximum absolute atomic E-state index is 12.1. The summed E-state index contributed by atoms with van der Waals surface area (Å²) in [6, 6.07) is 13.9. The molecule has 4 rings (SSSR count). The molecular formula is C26H31Cl2N3O. The normalized spacial score (nSPS) is 15.3. The van der Waals surface area contributed by atoms with Gasteiger partial charge in [0, 0.05) is 23.6 Å². The van der Waals surface area contributed by atoms with Gasteiger partial charge in [-0.15, -0.1) is 0 Å². The van der Waals surface area contributed by atoms with E-state index in [-0.39, 0.29) is 5.91 Å². The number of para-hydroxylation sites is 1. The second-order valence-electron chi connectivity index (χ2n) is 8.74. The number of nitrogens with zero attached hydrogens (tertiary/aromatic N) is 1. The van der Waals surface area contributed by atoms with Crippen LogP contribution in [-0.2, 0) is 11.2 Å². The first-order valence-corrected chi connectivity index (χ1v) is 12.3. The highest BCUT2D eigenvalue weighted by molar-refractivity contribution is 6.42. The summed E-state index contributed by atoms with van der Waals surface area (Å²) in [5.41, 5.74) is 3.61. The molecule has 0 bridgehead atoms. The number of H-pyrrole nitrogens is 1. The second kappa shape index (κ2) is 11.2. The van der Waals surface area contributed by atoms with E-state index in [1.165, 1.54) is 48.8 Å². The number of rotatable bonds is 9. The van der Waals surface area contributed by atoms with Crippen molar-refractivity contribution in [3.8, 4) is 0 Å². The number of hydrogen-bond donors (Lipinski definition) is 2. The first-order chi connectivity index (χ1) is 15.6. The SMILES string of the molecule is O=C(Cc1ccc(Cl)c(Cl)c1)NCCCCCN1CCC(c2c[nH]c3ccccc23)CC1. The molecule has 0 saturated carbocycles. The average molecular weight is 472 g/mol. The van der Waals surface area contributed by atoms with E-state index in [4.69, 9.17) is 23.2 Å². The van der Waals surface area contributed by atoms with Gasteiger partial charge in [-0.1, -0.05) is 53.9 Å². The molecule has 3 aromatic rings. The molecule has 2 aromatic carbocycles. The highest BCUT2D eigenvalue weighted by atomic mass is 35.5. The number of likely N-dealkylation sites (tertiary alicyclic amines) is 1. The predicted molar refractivity (Wildman–Crippen MR) is 134 cm³/mol. The van der Waals surface area contributed by atoms with Crippen LogP contribution in [-0.4, -0.2) is 42.0 Å². The highest BCUT2D eigenvalue weighted by Crippen LogP contribution is 2.33. The van der Waals surface area contributed by atoms with Crippen molar-refractivity contribution in [1.29, 1.82) is 0 Å². The number of benzene rings is 2. The molecule has 1 fully saturated rings. The Hall–Kier alpha value is -2.01. The number of hydrogen-bond acceptors (Lipinski definition) is 2. The summed E-state index contributed by atoms with van der Waals surface area (Å²) >= 11 is 11.9. The second-order valence-corrected chi connectivity index (χ2v) is 9.56. The van der Waals surface area contributed by atoms with Gasteiger partial charge in [0.15, 0.2) is 0 Å². The van der Waals surface area contributed by atoms with E-state index < -0.39 is 0 Å². The smallest absolute Gasteiger partial charge is 0.224 e. The number of carbonyl (C=O) groups excluding carboxylic acids is 1. The molecule has 0 aliphatic carbocycles. The first-order valence-electron chi connectivity index (χ1n) is 11.6. The third-order valence-corrected chi connectivity index (χ3v) is 7.21. The van der Waals surface area contributed by atoms with Gasteiger partial charge >= 0.3 is 0 Å². The van der Waals surface area contributed by atoms with Crippen molar-refractivity contribution in [1.82, 2.24) is 15.2 Å². The number of aromatic amines is 1. The van der Waals surface area contributed by atoms with Crippen LogP contribution < -0.4 is 5.32 Å². The Morgan fingerprint density at radius 3 is 2.66 bits per heavy atom. The zero-order valence-corrected chi connectivity index (χ0v) is 19.9. The van der Waals surface area contributed by atoms with E-state index in [1.54, 1.807) is 12.1 Å². The maximum Gasteiger partial charge on any atom is 0.224 e. The third-order valence-electron chi connectivity index (χ3n) is 6.47. The van der Waals surface area contributed by atoms with Gasteiger partial charge in [-0.25, -0.2) is 0 Å². The monoisotopic (exact) mass is 471 g/mol. The molecule has 0 radical (unpaired) electrons. The van der Waals surface area contributed by atoms with E-state index in [1.807, 2.05) is 6.07 Å². The third kappa shape index (κ3) is 6.06. The average Bonchev–Trinajstić information content (AvgIpc) is 3.23. The molecule has 4 nitrogen and oxygen atoms in total. The number of carbonyl (C=O) groups is 1. The fourth-order valence-corrected chi connectivity index (χ4v) is 4.98. The lowest BCUT2D eigenvalue weighted by molar-refractivity contribution is -0.120. The van der Waals surface area contributed by atoms with Crippen LogP contribution in [0.4, 0.5) is 0 Å². The Morgan fingerprint density at radius 2 is 1.84 bits per heavy atom. The van der Waals surface area contributed by atoms with Gasteiger partial charge in [0.2, 0.25) is 5.91 Å². The Morgan fingerprint density at radius 1 is 1.03 bits per heavy atom. The number of halogens is 2. The van der Waals surface area contributed by atoms with Crippen molar-refractivity contribution in [2.24, 2.45) is 0 Å². The number of fused-ring (bicyclic) bond motifs is 1. The molecule has 6 heteroatoms. The molecule has 32 heavy (non-hydrogen) atoms. The van der Waals surface area contributed by atoms with Crippen molar-refractivity contribution >= 4 is 40.0 Å². The van der Waals surface area contributed by atoms with Gasteiger partial charge in [-0.3, -0.25) is 4.79 Å². The lowest BCUT2D eigenvalue weighted by Crippen LogP contribution is -2.33. The van der Waals surface area contributed by atoms with Crippen molar-refractivity contribution in [3.05, 3.63) is 69.8 Å². The molecular weight excluding hydrogens is 441 g/mol. The molecule has 2 heterocycles. The standard InChI is InChI=1S/C26H31Cl2N3O/c27-23-9-8-19(16-24(23)28)17-26(32)29-12-4-1-5-13-31-14-10-20(11-15-31)22-18-30-25-7-3-2-6-21(22)25/h2-3,6-9,16,18,20,30H,1,4-5,10-15,17H2,(H,29,32). The fourth-order valence-electron chi connectivity index (χ4n) is 4.66. The first kappa shape index (κ1) is 23.2. The number of amides is 1. The Kier molecular flexibility index (Phi) is 8.12. The van der Waals surface area contributed by atoms with Crippen LogP contribution in [0.15, 0.2) is 48.7 Å². The summed E-state index contributed by atoms with van der Waals surface area (Å²) in [4.78, 5) is 18.1. The van der Waals surface area contributed by atoms with Crippen LogP contribution in [0, 0.1) is 0 Å². The van der Waals surface area contributed by atoms with Gasteiger partial charge in [-0.05, 0) is 80.6 Å². The largest absolute Gasteiger partial charge is 0.361 e. The van der Waals surface area contributed by atoms with Gasteiger partial charge in [-0.2, -0.15) is 0 Å². The van der Waals surface area contributed by atoms with Crippen LogP contribution >= 0.6 is 23.2 Å². The molecule has 0 spiro atoms.